The van der Waals surface area contributed by atoms with Crippen LogP contribution in [-0.2, 0) is 9.59 Å². The Balaban J connectivity index is 2.26. The fraction of sp³-hybridized carbons (Fsp3) is 0.364. The number of carbonyl (C=O) groups excluding carboxylic acids is 2. The van der Waals surface area contributed by atoms with Crippen molar-refractivity contribution in [2.24, 2.45) is 0 Å². The second-order valence-electron chi connectivity index (χ2n) is 6.64. The van der Waals surface area contributed by atoms with Gasteiger partial charge in [-0.15, -0.1) is 0 Å². The van der Waals surface area contributed by atoms with Gasteiger partial charge in [0.1, 0.15) is 5.75 Å². The molecule has 1 aliphatic heterocycles. The van der Waals surface area contributed by atoms with Crippen molar-refractivity contribution in [3.05, 3.63) is 29.3 Å². The molecule has 0 radical (unpaired) electrons. The van der Waals surface area contributed by atoms with Crippen LogP contribution in [0.5, 0.6) is 40.2 Å². The highest BCUT2D eigenvalue weighted by Crippen LogP contribution is 2.53. The summed E-state index contributed by atoms with van der Waals surface area (Å²) in [7, 11) is 7.37. The van der Waals surface area contributed by atoms with Gasteiger partial charge in [-0.2, -0.15) is 0 Å². The molecule has 0 saturated carbocycles. The fourth-order valence-electron chi connectivity index (χ4n) is 3.63. The van der Waals surface area contributed by atoms with Crippen LogP contribution in [0.15, 0.2) is 18.2 Å². The lowest BCUT2D eigenvalue weighted by atomic mass is 9.85. The molecular formula is C22H24O9. The quantitative estimate of drug-likeness (QED) is 0.483. The summed E-state index contributed by atoms with van der Waals surface area (Å²) in [5, 5.41) is 0. The predicted octanol–water partition coefficient (Wildman–Crippen LogP) is 3.10. The van der Waals surface area contributed by atoms with E-state index in [0.29, 0.717) is 34.1 Å². The van der Waals surface area contributed by atoms with Gasteiger partial charge < -0.3 is 33.2 Å². The normalized spacial score (nSPS) is 14.8. The molecule has 0 saturated heterocycles. The van der Waals surface area contributed by atoms with Gasteiger partial charge in [0.2, 0.25) is 11.5 Å². The Morgan fingerprint density at radius 2 is 1.39 bits per heavy atom. The van der Waals surface area contributed by atoms with Crippen molar-refractivity contribution < 1.29 is 42.7 Å². The minimum absolute atomic E-state index is 0.0397. The SMILES string of the molecule is COc1cc([C@@H]2CC(=O)Oc3cc(OC)c(OC)c(OC)c32)cc(OC)c1OC(C)=O. The van der Waals surface area contributed by atoms with Crippen LogP contribution < -0.4 is 33.2 Å². The van der Waals surface area contributed by atoms with Crippen molar-refractivity contribution in [2.75, 3.05) is 35.5 Å². The minimum Gasteiger partial charge on any atom is -0.493 e. The third-order valence-electron chi connectivity index (χ3n) is 4.90. The lowest BCUT2D eigenvalue weighted by Gasteiger charge is -2.29. The molecule has 9 nitrogen and oxygen atoms in total. The van der Waals surface area contributed by atoms with E-state index in [1.54, 1.807) is 18.2 Å². The van der Waals surface area contributed by atoms with E-state index in [0.717, 1.165) is 0 Å². The number of rotatable bonds is 7. The van der Waals surface area contributed by atoms with E-state index in [9.17, 15) is 9.59 Å². The molecule has 0 spiro atoms. The second-order valence-corrected chi connectivity index (χ2v) is 6.64. The van der Waals surface area contributed by atoms with Crippen molar-refractivity contribution in [1.29, 1.82) is 0 Å². The largest absolute Gasteiger partial charge is 0.493 e. The predicted molar refractivity (Wildman–Crippen MR) is 109 cm³/mol. The Bertz CT molecular complexity index is 988. The third-order valence-corrected chi connectivity index (χ3v) is 4.90. The van der Waals surface area contributed by atoms with E-state index in [2.05, 4.69) is 0 Å². The molecule has 1 heterocycles. The smallest absolute Gasteiger partial charge is 0.312 e. The highest BCUT2D eigenvalue weighted by atomic mass is 16.6. The highest BCUT2D eigenvalue weighted by molar-refractivity contribution is 5.81. The molecule has 0 fully saturated rings. The van der Waals surface area contributed by atoms with Crippen LogP contribution in [0.4, 0.5) is 0 Å². The molecule has 0 N–H and O–H groups in total. The van der Waals surface area contributed by atoms with Crippen LogP contribution in [0.25, 0.3) is 0 Å². The Hall–Kier alpha value is -3.62. The van der Waals surface area contributed by atoms with Crippen molar-refractivity contribution in [1.82, 2.24) is 0 Å². The van der Waals surface area contributed by atoms with Gasteiger partial charge in [-0.05, 0) is 17.7 Å². The maximum atomic E-state index is 12.4. The summed E-state index contributed by atoms with van der Waals surface area (Å²) in [5.74, 6) is 0.736. The molecule has 166 valence electrons. The maximum absolute atomic E-state index is 12.4. The van der Waals surface area contributed by atoms with Crippen molar-refractivity contribution >= 4 is 11.9 Å². The minimum atomic E-state index is -0.519. The molecule has 0 amide bonds. The Morgan fingerprint density at radius 1 is 0.839 bits per heavy atom. The number of ether oxygens (including phenoxy) is 7. The van der Waals surface area contributed by atoms with E-state index in [-0.39, 0.29) is 23.7 Å². The first-order chi connectivity index (χ1) is 14.9. The van der Waals surface area contributed by atoms with Crippen LogP contribution in [-0.4, -0.2) is 47.5 Å². The number of benzene rings is 2. The average molecular weight is 432 g/mol. The van der Waals surface area contributed by atoms with Crippen molar-refractivity contribution in [3.8, 4) is 40.2 Å². The van der Waals surface area contributed by atoms with Crippen molar-refractivity contribution in [3.63, 3.8) is 0 Å². The zero-order valence-electron chi connectivity index (χ0n) is 18.2. The summed E-state index contributed by atoms with van der Waals surface area (Å²) in [6.45, 7) is 1.28. The third kappa shape index (κ3) is 4.03. The molecule has 1 aliphatic rings. The number of methoxy groups -OCH3 is 5. The summed E-state index contributed by atoms with van der Waals surface area (Å²) >= 11 is 0. The average Bonchev–Trinajstić information content (AvgIpc) is 2.76. The molecular weight excluding hydrogens is 408 g/mol. The summed E-state index contributed by atoms with van der Waals surface area (Å²) in [4.78, 5) is 23.9. The second kappa shape index (κ2) is 9.03. The first kappa shape index (κ1) is 22.1. The molecule has 0 aromatic heterocycles. The van der Waals surface area contributed by atoms with E-state index < -0.39 is 17.9 Å². The number of hydrogen-bond donors (Lipinski definition) is 0. The molecule has 0 aliphatic carbocycles. The molecule has 2 aromatic carbocycles. The summed E-state index contributed by atoms with van der Waals surface area (Å²) in [5.41, 5.74) is 1.29. The number of carbonyl (C=O) groups is 2. The van der Waals surface area contributed by atoms with Crippen LogP contribution in [0.1, 0.15) is 30.4 Å². The zero-order valence-corrected chi connectivity index (χ0v) is 18.2. The van der Waals surface area contributed by atoms with Gasteiger partial charge in [0.25, 0.3) is 0 Å². The monoisotopic (exact) mass is 432 g/mol. The van der Waals surface area contributed by atoms with E-state index in [4.69, 9.17) is 33.2 Å². The molecule has 0 bridgehead atoms. The topological polar surface area (TPSA) is 98.8 Å². The number of fused-ring (bicyclic) bond motifs is 1. The summed E-state index contributed by atoms with van der Waals surface area (Å²) in [6, 6.07) is 4.95. The fourth-order valence-corrected chi connectivity index (χ4v) is 3.63. The Morgan fingerprint density at radius 3 is 1.87 bits per heavy atom. The maximum Gasteiger partial charge on any atom is 0.312 e. The van der Waals surface area contributed by atoms with Gasteiger partial charge in [0.15, 0.2) is 23.0 Å². The summed E-state index contributed by atoms with van der Waals surface area (Å²) in [6.07, 6.45) is 0.0397. The number of hydrogen-bond acceptors (Lipinski definition) is 9. The Labute approximate surface area is 179 Å². The molecule has 2 aromatic rings. The lowest BCUT2D eigenvalue weighted by Crippen LogP contribution is -2.22. The first-order valence-corrected chi connectivity index (χ1v) is 9.36. The molecule has 0 unspecified atom stereocenters. The molecule has 31 heavy (non-hydrogen) atoms. The Kier molecular flexibility index (Phi) is 6.43. The van der Waals surface area contributed by atoms with Crippen LogP contribution in [0.3, 0.4) is 0 Å². The van der Waals surface area contributed by atoms with Gasteiger partial charge in [-0.1, -0.05) is 0 Å². The van der Waals surface area contributed by atoms with Crippen molar-refractivity contribution in [2.45, 2.75) is 19.3 Å². The molecule has 3 rings (SSSR count). The molecule has 9 heteroatoms. The zero-order chi connectivity index (χ0) is 22.7. The first-order valence-electron chi connectivity index (χ1n) is 9.36. The van der Waals surface area contributed by atoms with Gasteiger partial charge in [-0.25, -0.2) is 0 Å². The highest BCUT2D eigenvalue weighted by Gasteiger charge is 2.36. The van der Waals surface area contributed by atoms with E-state index in [1.807, 2.05) is 0 Å². The van der Waals surface area contributed by atoms with Crippen LogP contribution in [0.2, 0.25) is 0 Å². The van der Waals surface area contributed by atoms with Crippen LogP contribution in [0, 0.1) is 0 Å². The molecule has 1 atom stereocenters. The lowest BCUT2D eigenvalue weighted by molar-refractivity contribution is -0.135. The van der Waals surface area contributed by atoms with Gasteiger partial charge in [0, 0.05) is 24.5 Å². The standard InChI is InChI=1S/C22H24O9/c1-11(23)30-20-15(25-2)7-12(8-16(20)26-3)13-9-18(24)31-14-10-17(27-4)21(28-5)22(29-6)19(13)14/h7-8,10,13H,9H2,1-6H3/t13-/m0/s1. The summed E-state index contributed by atoms with van der Waals surface area (Å²) < 4.78 is 38.1. The van der Waals surface area contributed by atoms with E-state index >= 15 is 0 Å². The number of esters is 2. The van der Waals surface area contributed by atoms with Gasteiger partial charge in [0.05, 0.1) is 42.0 Å². The van der Waals surface area contributed by atoms with Gasteiger partial charge >= 0.3 is 11.9 Å². The van der Waals surface area contributed by atoms with Gasteiger partial charge in [-0.3, -0.25) is 9.59 Å². The van der Waals surface area contributed by atoms with E-state index in [1.165, 1.54) is 42.5 Å². The van der Waals surface area contributed by atoms with Crippen LogP contribution >= 0.6 is 0 Å².